The van der Waals surface area contributed by atoms with Crippen LogP contribution < -0.4 is 5.73 Å². The van der Waals surface area contributed by atoms with Gasteiger partial charge in [0, 0.05) is 5.56 Å². The fourth-order valence-corrected chi connectivity index (χ4v) is 2.19. The molecule has 2 aromatic rings. The molecule has 0 saturated carbocycles. The van der Waals surface area contributed by atoms with Crippen LogP contribution in [0.2, 0.25) is 0 Å². The highest BCUT2D eigenvalue weighted by Crippen LogP contribution is 2.28. The van der Waals surface area contributed by atoms with Gasteiger partial charge in [0.2, 0.25) is 11.8 Å². The second kappa shape index (κ2) is 7.55. The molecule has 0 radical (unpaired) electrons. The maximum absolute atomic E-state index is 12.3. The van der Waals surface area contributed by atoms with Gasteiger partial charge in [-0.3, -0.25) is 4.79 Å². The Balaban J connectivity index is 2.19. The molecule has 0 fully saturated rings. The second-order valence-electron chi connectivity index (χ2n) is 6.47. The number of aromatic nitrogens is 2. The Bertz CT molecular complexity index is 664. The van der Waals surface area contributed by atoms with E-state index in [1.807, 2.05) is 30.3 Å². The van der Waals surface area contributed by atoms with Crippen molar-refractivity contribution in [3.8, 4) is 11.5 Å². The van der Waals surface area contributed by atoms with Crippen LogP contribution in [0, 0.1) is 5.92 Å². The highest BCUT2D eigenvalue weighted by molar-refractivity contribution is 5.73. The molecule has 0 saturated heterocycles. The number of nitrogens with two attached hydrogens (primary N) is 1. The summed E-state index contributed by atoms with van der Waals surface area (Å²) in [4.78, 5) is 12.3. The summed E-state index contributed by atoms with van der Waals surface area (Å²) in [5, 5.41) is 18.3. The first kappa shape index (κ1) is 18.1. The Morgan fingerprint density at radius 1 is 1.29 bits per heavy atom. The first-order valence-electron chi connectivity index (χ1n) is 7.81. The third-order valence-electron chi connectivity index (χ3n) is 3.28. The molecule has 130 valence electrons. The third kappa shape index (κ3) is 4.62. The van der Waals surface area contributed by atoms with Gasteiger partial charge < -0.3 is 20.0 Å². The molecule has 0 aliphatic heterocycles. The zero-order valence-corrected chi connectivity index (χ0v) is 14.1. The maximum atomic E-state index is 12.3. The Labute approximate surface area is 140 Å². The topological polar surface area (TPSA) is 111 Å². The van der Waals surface area contributed by atoms with Crippen molar-refractivity contribution in [1.82, 2.24) is 10.2 Å². The Morgan fingerprint density at radius 2 is 1.96 bits per heavy atom. The van der Waals surface area contributed by atoms with Crippen LogP contribution in [-0.2, 0) is 9.53 Å². The van der Waals surface area contributed by atoms with Gasteiger partial charge in [0.05, 0.1) is 5.92 Å². The summed E-state index contributed by atoms with van der Waals surface area (Å²) in [7, 11) is 0. The molecule has 1 aromatic heterocycles. The van der Waals surface area contributed by atoms with E-state index in [0.717, 1.165) is 5.56 Å². The Hall–Kier alpha value is -2.25. The number of carbonyl (C=O) groups excluding carboxylic acids is 1. The molecule has 2 unspecified atom stereocenters. The number of hydrogen-bond donors (Lipinski definition) is 2. The minimum atomic E-state index is -1.27. The molecular weight excluding hydrogens is 310 g/mol. The van der Waals surface area contributed by atoms with Gasteiger partial charge in [0.1, 0.15) is 11.7 Å². The highest BCUT2D eigenvalue weighted by Gasteiger charge is 2.34. The Morgan fingerprint density at radius 3 is 2.54 bits per heavy atom. The lowest BCUT2D eigenvalue weighted by molar-refractivity contribution is -0.165. The van der Waals surface area contributed by atoms with E-state index in [0.29, 0.717) is 0 Å². The molecular formula is C17H23N3O4. The number of aliphatic hydroxyl groups excluding tert-OH is 1. The number of esters is 1. The smallest absolute Gasteiger partial charge is 0.312 e. The van der Waals surface area contributed by atoms with Crippen molar-refractivity contribution in [2.75, 3.05) is 6.54 Å². The minimum absolute atomic E-state index is 0.0295. The normalized spacial score (nSPS) is 14.2. The maximum Gasteiger partial charge on any atom is 0.312 e. The number of aliphatic hydroxyl groups is 1. The van der Waals surface area contributed by atoms with Crippen molar-refractivity contribution >= 4 is 5.97 Å². The first-order chi connectivity index (χ1) is 11.3. The van der Waals surface area contributed by atoms with Crippen LogP contribution >= 0.6 is 0 Å². The molecule has 7 nitrogen and oxygen atoms in total. The van der Waals surface area contributed by atoms with Crippen LogP contribution in [0.25, 0.3) is 11.5 Å². The third-order valence-corrected chi connectivity index (χ3v) is 3.28. The summed E-state index contributed by atoms with van der Waals surface area (Å²) in [5.74, 6) is -1.16. The van der Waals surface area contributed by atoms with Gasteiger partial charge in [-0.15, -0.1) is 10.2 Å². The molecule has 0 aliphatic rings. The first-order valence-corrected chi connectivity index (χ1v) is 7.81. The number of benzene rings is 1. The van der Waals surface area contributed by atoms with E-state index in [2.05, 4.69) is 10.2 Å². The minimum Gasteiger partial charge on any atom is -0.460 e. The number of ether oxygens (including phenoxy) is 1. The van der Waals surface area contributed by atoms with E-state index in [-0.39, 0.29) is 24.7 Å². The van der Waals surface area contributed by atoms with E-state index in [1.54, 1.807) is 20.8 Å². The molecule has 2 rings (SSSR count). The molecule has 3 N–H and O–H groups in total. The average Bonchev–Trinajstić information content (AvgIpc) is 3.01. The fraction of sp³-hybridized carbons (Fsp3) is 0.471. The van der Waals surface area contributed by atoms with E-state index in [4.69, 9.17) is 14.9 Å². The van der Waals surface area contributed by atoms with Gasteiger partial charge in [-0.25, -0.2) is 0 Å². The quantitative estimate of drug-likeness (QED) is 0.778. The molecule has 0 spiro atoms. The van der Waals surface area contributed by atoms with Gasteiger partial charge in [0.15, 0.2) is 0 Å². The lowest BCUT2D eigenvalue weighted by atomic mass is 9.98. The molecule has 1 aromatic carbocycles. The Kier molecular flexibility index (Phi) is 5.69. The molecule has 2 atom stereocenters. The average molecular weight is 333 g/mol. The molecule has 0 amide bonds. The van der Waals surface area contributed by atoms with E-state index in [9.17, 15) is 9.90 Å². The van der Waals surface area contributed by atoms with Gasteiger partial charge in [-0.05, 0) is 45.9 Å². The van der Waals surface area contributed by atoms with E-state index >= 15 is 0 Å². The molecule has 24 heavy (non-hydrogen) atoms. The zero-order chi connectivity index (χ0) is 17.7. The monoisotopic (exact) mass is 333 g/mol. The molecule has 1 heterocycles. The molecule has 7 heteroatoms. The summed E-state index contributed by atoms with van der Waals surface area (Å²) in [6.07, 6.45) is -1.02. The molecule has 0 aliphatic carbocycles. The van der Waals surface area contributed by atoms with Crippen molar-refractivity contribution in [3.63, 3.8) is 0 Å². The van der Waals surface area contributed by atoms with Crippen molar-refractivity contribution < 1.29 is 19.1 Å². The van der Waals surface area contributed by atoms with Gasteiger partial charge in [-0.1, -0.05) is 18.2 Å². The zero-order valence-electron chi connectivity index (χ0n) is 14.1. The standard InChI is InChI=1S/C17H23N3O4/c1-17(2,3)24-16(22)12(9-10-18)13(21)15-20-19-14(23-15)11-7-5-4-6-8-11/h4-8,12-13,21H,9-10,18H2,1-3H3. The van der Waals surface area contributed by atoms with Crippen LogP contribution in [-0.4, -0.2) is 33.4 Å². The lowest BCUT2D eigenvalue weighted by Crippen LogP contribution is -2.33. The van der Waals surface area contributed by atoms with Crippen LogP contribution in [0.3, 0.4) is 0 Å². The van der Waals surface area contributed by atoms with Crippen molar-refractivity contribution in [1.29, 1.82) is 0 Å². The number of hydrogen-bond acceptors (Lipinski definition) is 7. The summed E-state index contributed by atoms with van der Waals surface area (Å²) >= 11 is 0. The number of rotatable bonds is 6. The van der Waals surface area contributed by atoms with Gasteiger partial charge >= 0.3 is 5.97 Å². The SMILES string of the molecule is CC(C)(C)OC(=O)C(CCN)C(O)c1nnc(-c2ccccc2)o1. The van der Waals surface area contributed by atoms with Crippen LogP contribution in [0.5, 0.6) is 0 Å². The summed E-state index contributed by atoms with van der Waals surface area (Å²) < 4.78 is 10.9. The van der Waals surface area contributed by atoms with E-state index in [1.165, 1.54) is 0 Å². The van der Waals surface area contributed by atoms with Crippen molar-refractivity contribution in [2.45, 2.75) is 38.9 Å². The fourth-order valence-electron chi connectivity index (χ4n) is 2.19. The molecule has 0 bridgehead atoms. The number of carbonyl (C=O) groups is 1. The summed E-state index contributed by atoms with van der Waals surface area (Å²) in [6.45, 7) is 5.51. The highest BCUT2D eigenvalue weighted by atomic mass is 16.6. The van der Waals surface area contributed by atoms with Crippen molar-refractivity contribution in [3.05, 3.63) is 36.2 Å². The predicted octanol–water partition coefficient (Wildman–Crippen LogP) is 2.08. The largest absolute Gasteiger partial charge is 0.460 e. The van der Waals surface area contributed by atoms with Crippen LogP contribution in [0.1, 0.15) is 39.2 Å². The van der Waals surface area contributed by atoms with Crippen LogP contribution in [0.15, 0.2) is 34.7 Å². The van der Waals surface area contributed by atoms with Gasteiger partial charge in [-0.2, -0.15) is 0 Å². The lowest BCUT2D eigenvalue weighted by Gasteiger charge is -2.25. The second-order valence-corrected chi connectivity index (χ2v) is 6.47. The van der Waals surface area contributed by atoms with Gasteiger partial charge in [0.25, 0.3) is 0 Å². The number of nitrogens with zero attached hydrogens (tertiary/aromatic N) is 2. The van der Waals surface area contributed by atoms with Crippen molar-refractivity contribution in [2.24, 2.45) is 11.7 Å². The van der Waals surface area contributed by atoms with E-state index < -0.39 is 23.6 Å². The predicted molar refractivity (Wildman–Crippen MR) is 87.7 cm³/mol. The summed E-state index contributed by atoms with van der Waals surface area (Å²) in [6, 6.07) is 9.18. The van der Waals surface area contributed by atoms with Crippen LogP contribution in [0.4, 0.5) is 0 Å². The summed E-state index contributed by atoms with van der Waals surface area (Å²) in [5.41, 5.74) is 5.63.